The molecule has 0 radical (unpaired) electrons. The lowest BCUT2D eigenvalue weighted by Gasteiger charge is -2.07. The Kier molecular flexibility index (Phi) is 5.19. The first-order valence-corrected chi connectivity index (χ1v) is 5.59. The zero-order chi connectivity index (χ0) is 13.7. The molecule has 0 atom stereocenters. The van der Waals surface area contributed by atoms with Crippen LogP contribution in [0.1, 0.15) is 10.4 Å². The van der Waals surface area contributed by atoms with E-state index in [9.17, 15) is 9.59 Å². The molecule has 0 unspecified atom stereocenters. The van der Waals surface area contributed by atoms with E-state index in [1.807, 2.05) is 0 Å². The van der Waals surface area contributed by atoms with Gasteiger partial charge in [0.1, 0.15) is 10.8 Å². The first-order valence-electron chi connectivity index (χ1n) is 4.83. The predicted octanol–water partition coefficient (Wildman–Crippen LogP) is 2.91. The third-order valence-electron chi connectivity index (χ3n) is 2.10. The average molecular weight is 289 g/mol. The minimum absolute atomic E-state index is 0.0792. The maximum Gasteiger partial charge on any atom is 0.330 e. The Balaban J connectivity index is 3.04. The topological polar surface area (TPSA) is 52.6 Å². The van der Waals surface area contributed by atoms with Crippen LogP contribution in [0.4, 0.5) is 0 Å². The predicted molar refractivity (Wildman–Crippen MR) is 68.5 cm³/mol. The van der Waals surface area contributed by atoms with Crippen molar-refractivity contribution < 1.29 is 19.1 Å². The molecular formula is C12H10Cl2O4. The summed E-state index contributed by atoms with van der Waals surface area (Å²) in [7, 11) is 2.66. The standard InChI is InChI=1S/C12H10Cl2O4/c1-17-9-5-3-7(11(13)12(9)14)8(15)4-6-10(16)18-2/h3-6H,1-2H3/b6-4+. The zero-order valence-electron chi connectivity index (χ0n) is 9.70. The number of hydrogen-bond donors (Lipinski definition) is 0. The fourth-order valence-electron chi connectivity index (χ4n) is 1.18. The van der Waals surface area contributed by atoms with E-state index in [0.29, 0.717) is 5.75 Å². The fraction of sp³-hybridized carbons (Fsp3) is 0.167. The fourth-order valence-corrected chi connectivity index (χ4v) is 1.67. The number of esters is 1. The molecule has 0 N–H and O–H groups in total. The van der Waals surface area contributed by atoms with Crippen LogP contribution in [0.2, 0.25) is 10.0 Å². The summed E-state index contributed by atoms with van der Waals surface area (Å²) in [6.07, 6.45) is 2.08. The van der Waals surface area contributed by atoms with Gasteiger partial charge in [-0.05, 0) is 18.2 Å². The number of allylic oxidation sites excluding steroid dienone is 1. The number of hydrogen-bond acceptors (Lipinski definition) is 4. The van der Waals surface area contributed by atoms with Crippen molar-refractivity contribution in [1.29, 1.82) is 0 Å². The van der Waals surface area contributed by atoms with Crippen LogP contribution in [0.5, 0.6) is 5.75 Å². The Hall–Kier alpha value is -1.52. The second-order valence-electron chi connectivity index (χ2n) is 3.16. The summed E-state index contributed by atoms with van der Waals surface area (Å²) < 4.78 is 9.33. The van der Waals surface area contributed by atoms with Crippen molar-refractivity contribution in [3.8, 4) is 5.75 Å². The van der Waals surface area contributed by atoms with Crippen molar-refractivity contribution in [3.63, 3.8) is 0 Å². The highest BCUT2D eigenvalue weighted by atomic mass is 35.5. The molecular weight excluding hydrogens is 279 g/mol. The molecule has 0 aromatic heterocycles. The Bertz CT molecular complexity index is 509. The van der Waals surface area contributed by atoms with Crippen molar-refractivity contribution in [1.82, 2.24) is 0 Å². The third kappa shape index (κ3) is 3.24. The van der Waals surface area contributed by atoms with Gasteiger partial charge in [0.05, 0.1) is 19.2 Å². The summed E-state index contributed by atoms with van der Waals surface area (Å²) in [6, 6.07) is 2.99. The Morgan fingerprint density at radius 1 is 1.11 bits per heavy atom. The minimum Gasteiger partial charge on any atom is -0.495 e. The van der Waals surface area contributed by atoms with Crippen LogP contribution in [0.3, 0.4) is 0 Å². The summed E-state index contributed by atoms with van der Waals surface area (Å²) in [5.41, 5.74) is 0.183. The van der Waals surface area contributed by atoms with Crippen LogP contribution >= 0.6 is 23.2 Å². The SMILES string of the molecule is COC(=O)/C=C/C(=O)c1ccc(OC)c(Cl)c1Cl. The van der Waals surface area contributed by atoms with Crippen LogP contribution in [0, 0.1) is 0 Å². The van der Waals surface area contributed by atoms with E-state index < -0.39 is 11.8 Å². The highest BCUT2D eigenvalue weighted by Crippen LogP contribution is 2.34. The lowest BCUT2D eigenvalue weighted by atomic mass is 10.1. The van der Waals surface area contributed by atoms with Crippen LogP contribution in [-0.4, -0.2) is 26.0 Å². The maximum atomic E-state index is 11.8. The largest absolute Gasteiger partial charge is 0.495 e. The molecule has 6 heteroatoms. The van der Waals surface area contributed by atoms with Gasteiger partial charge < -0.3 is 9.47 Å². The molecule has 0 aliphatic carbocycles. The Morgan fingerprint density at radius 2 is 1.78 bits per heavy atom. The average Bonchev–Trinajstić information content (AvgIpc) is 2.38. The van der Waals surface area contributed by atoms with Crippen molar-refractivity contribution in [2.75, 3.05) is 14.2 Å². The minimum atomic E-state index is -0.626. The van der Waals surface area contributed by atoms with E-state index >= 15 is 0 Å². The lowest BCUT2D eigenvalue weighted by molar-refractivity contribution is -0.134. The summed E-state index contributed by atoms with van der Waals surface area (Å²) in [5, 5.41) is 0.229. The Labute approximate surface area is 114 Å². The third-order valence-corrected chi connectivity index (χ3v) is 2.97. The number of carbonyl (C=O) groups excluding carboxylic acids is 2. The molecule has 0 saturated heterocycles. The number of ether oxygens (including phenoxy) is 2. The number of ketones is 1. The highest BCUT2D eigenvalue weighted by Gasteiger charge is 2.14. The van der Waals surface area contributed by atoms with E-state index in [1.54, 1.807) is 0 Å². The number of carbonyl (C=O) groups is 2. The second-order valence-corrected chi connectivity index (χ2v) is 3.92. The van der Waals surface area contributed by atoms with Gasteiger partial charge in [-0.1, -0.05) is 23.2 Å². The highest BCUT2D eigenvalue weighted by molar-refractivity contribution is 6.45. The maximum absolute atomic E-state index is 11.8. The number of benzene rings is 1. The van der Waals surface area contributed by atoms with Gasteiger partial charge in [0, 0.05) is 11.6 Å². The molecule has 1 rings (SSSR count). The number of methoxy groups -OCH3 is 2. The first-order chi connectivity index (χ1) is 8.51. The van der Waals surface area contributed by atoms with Crippen LogP contribution in [-0.2, 0) is 9.53 Å². The molecule has 18 heavy (non-hydrogen) atoms. The van der Waals surface area contributed by atoms with Crippen LogP contribution in [0.15, 0.2) is 24.3 Å². The van der Waals surface area contributed by atoms with Gasteiger partial charge in [-0.2, -0.15) is 0 Å². The summed E-state index contributed by atoms with van der Waals surface area (Å²) >= 11 is 11.8. The molecule has 0 bridgehead atoms. The normalized spacial score (nSPS) is 10.4. The van der Waals surface area contributed by atoms with E-state index in [-0.39, 0.29) is 15.6 Å². The van der Waals surface area contributed by atoms with E-state index in [2.05, 4.69) is 4.74 Å². The zero-order valence-corrected chi connectivity index (χ0v) is 11.2. The van der Waals surface area contributed by atoms with Gasteiger partial charge in [-0.25, -0.2) is 4.79 Å². The Morgan fingerprint density at radius 3 is 2.33 bits per heavy atom. The van der Waals surface area contributed by atoms with Crippen LogP contribution < -0.4 is 4.74 Å². The smallest absolute Gasteiger partial charge is 0.330 e. The van der Waals surface area contributed by atoms with E-state index in [1.165, 1.54) is 26.4 Å². The van der Waals surface area contributed by atoms with Gasteiger partial charge in [-0.3, -0.25) is 4.79 Å². The van der Waals surface area contributed by atoms with Crippen LogP contribution in [0.25, 0.3) is 0 Å². The summed E-state index contributed by atoms with van der Waals surface area (Å²) in [6.45, 7) is 0. The molecule has 0 amide bonds. The second kappa shape index (κ2) is 6.42. The van der Waals surface area contributed by atoms with Crippen molar-refractivity contribution in [2.45, 2.75) is 0 Å². The summed E-state index contributed by atoms with van der Waals surface area (Å²) in [4.78, 5) is 22.6. The number of rotatable bonds is 4. The molecule has 0 heterocycles. The molecule has 0 aliphatic heterocycles. The van der Waals surface area contributed by atoms with Gasteiger partial charge in [0.15, 0.2) is 5.78 Å². The molecule has 0 saturated carbocycles. The lowest BCUT2D eigenvalue weighted by Crippen LogP contribution is -2.00. The summed E-state index contributed by atoms with van der Waals surface area (Å²) in [5.74, 6) is -0.704. The molecule has 4 nitrogen and oxygen atoms in total. The monoisotopic (exact) mass is 288 g/mol. The van der Waals surface area contributed by atoms with E-state index in [4.69, 9.17) is 27.9 Å². The van der Waals surface area contributed by atoms with E-state index in [0.717, 1.165) is 12.2 Å². The molecule has 0 aliphatic rings. The molecule has 1 aromatic carbocycles. The quantitative estimate of drug-likeness (QED) is 0.486. The molecule has 1 aromatic rings. The van der Waals surface area contributed by atoms with Crippen molar-refractivity contribution in [2.24, 2.45) is 0 Å². The molecule has 96 valence electrons. The van der Waals surface area contributed by atoms with Gasteiger partial charge in [-0.15, -0.1) is 0 Å². The molecule has 0 fully saturated rings. The van der Waals surface area contributed by atoms with Gasteiger partial charge in [0.25, 0.3) is 0 Å². The van der Waals surface area contributed by atoms with Gasteiger partial charge in [0.2, 0.25) is 0 Å². The number of halogens is 2. The van der Waals surface area contributed by atoms with Gasteiger partial charge >= 0.3 is 5.97 Å². The first kappa shape index (κ1) is 14.5. The van der Waals surface area contributed by atoms with Crippen molar-refractivity contribution >= 4 is 35.0 Å². The van der Waals surface area contributed by atoms with Crippen molar-refractivity contribution in [3.05, 3.63) is 39.9 Å². The molecule has 0 spiro atoms.